The number of benzene rings is 2. The van der Waals surface area contributed by atoms with Crippen LogP contribution in [0.1, 0.15) is 24.0 Å². The summed E-state index contributed by atoms with van der Waals surface area (Å²) in [5.41, 5.74) is 2.88. The number of fused-ring (bicyclic) bond motifs is 1. The number of hydrogen-bond donors (Lipinski definition) is 0. The van der Waals surface area contributed by atoms with Crippen LogP contribution >= 0.6 is 0 Å². The van der Waals surface area contributed by atoms with Crippen molar-refractivity contribution in [2.45, 2.75) is 24.7 Å². The fourth-order valence-corrected chi connectivity index (χ4v) is 5.25. The number of aromatic nitrogens is 1. The summed E-state index contributed by atoms with van der Waals surface area (Å²) in [4.78, 5) is 20.6. The van der Waals surface area contributed by atoms with E-state index in [2.05, 4.69) is 40.2 Å². The molecule has 2 fully saturated rings. The largest absolute Gasteiger partial charge is 0.381 e. The summed E-state index contributed by atoms with van der Waals surface area (Å²) >= 11 is 0. The van der Waals surface area contributed by atoms with Crippen molar-refractivity contribution in [2.75, 3.05) is 39.5 Å². The number of carbonyl (C=O) groups excluding carboxylic acids is 1. The number of rotatable bonds is 4. The molecule has 0 spiro atoms. The maximum Gasteiger partial charge on any atom is 0.233 e. The van der Waals surface area contributed by atoms with Crippen LogP contribution < -0.4 is 0 Å². The maximum atomic E-state index is 14.0. The van der Waals surface area contributed by atoms with Gasteiger partial charge in [0.1, 0.15) is 0 Å². The third-order valence-electron chi connectivity index (χ3n) is 6.95. The minimum Gasteiger partial charge on any atom is -0.381 e. The monoisotopic (exact) mass is 430 g/mol. The fourth-order valence-electron chi connectivity index (χ4n) is 5.25. The van der Waals surface area contributed by atoms with Gasteiger partial charge in [0.15, 0.2) is 0 Å². The first kappa shape index (κ1) is 21.1. The summed E-state index contributed by atoms with van der Waals surface area (Å²) in [6.45, 7) is 3.85. The fraction of sp³-hybridized carbons (Fsp3) is 0.407. The molecule has 3 heterocycles. The van der Waals surface area contributed by atoms with Gasteiger partial charge in [-0.2, -0.15) is 0 Å². The van der Waals surface area contributed by atoms with Crippen molar-refractivity contribution in [1.29, 1.82) is 0 Å². The molecule has 5 rings (SSSR count). The maximum absolute atomic E-state index is 14.0. The first-order chi connectivity index (χ1) is 15.8. The first-order valence-corrected chi connectivity index (χ1v) is 11.6. The summed E-state index contributed by atoms with van der Waals surface area (Å²) < 4.78 is 11.6. The number of amides is 1. The van der Waals surface area contributed by atoms with Gasteiger partial charge in [-0.1, -0.05) is 48.5 Å². The molecule has 5 nitrogen and oxygen atoms in total. The van der Waals surface area contributed by atoms with E-state index in [1.165, 1.54) is 10.9 Å². The molecule has 0 aliphatic carbocycles. The Labute approximate surface area is 189 Å². The van der Waals surface area contributed by atoms with Crippen LogP contribution in [-0.4, -0.2) is 55.3 Å². The molecule has 166 valence electrons. The second kappa shape index (κ2) is 9.39. The topological polar surface area (TPSA) is 51.7 Å². The minimum absolute atomic E-state index is 0.224. The van der Waals surface area contributed by atoms with Crippen LogP contribution in [0, 0.1) is 5.92 Å². The van der Waals surface area contributed by atoms with Crippen LogP contribution in [0.15, 0.2) is 66.9 Å². The Kier molecular flexibility index (Phi) is 6.19. The summed E-state index contributed by atoms with van der Waals surface area (Å²) in [7, 11) is 0. The zero-order valence-electron chi connectivity index (χ0n) is 18.4. The SMILES string of the molecule is O=C(N1CCOCC(Cc2cccc3ncccc23)C1)C1(c2ccccc2)CCOCC1. The Morgan fingerprint density at radius 2 is 1.81 bits per heavy atom. The molecule has 2 aliphatic heterocycles. The third kappa shape index (κ3) is 4.15. The Morgan fingerprint density at radius 3 is 2.66 bits per heavy atom. The number of hydrogen-bond acceptors (Lipinski definition) is 4. The van der Waals surface area contributed by atoms with Crippen LogP contribution in [-0.2, 0) is 26.1 Å². The second-order valence-corrected chi connectivity index (χ2v) is 8.94. The average molecular weight is 431 g/mol. The molecule has 0 radical (unpaired) electrons. The van der Waals surface area contributed by atoms with E-state index >= 15 is 0 Å². The number of pyridine rings is 1. The molecule has 1 amide bonds. The van der Waals surface area contributed by atoms with Gasteiger partial charge < -0.3 is 14.4 Å². The zero-order valence-corrected chi connectivity index (χ0v) is 18.4. The molecule has 0 bridgehead atoms. The molecule has 2 aliphatic rings. The van der Waals surface area contributed by atoms with Crippen LogP contribution in [0.25, 0.3) is 10.9 Å². The zero-order chi connectivity index (χ0) is 21.8. The van der Waals surface area contributed by atoms with Gasteiger partial charge in [0.25, 0.3) is 0 Å². The molecule has 0 saturated carbocycles. The van der Waals surface area contributed by atoms with E-state index in [0.717, 1.165) is 30.3 Å². The van der Waals surface area contributed by atoms with Crippen molar-refractivity contribution < 1.29 is 14.3 Å². The Morgan fingerprint density at radius 1 is 0.969 bits per heavy atom. The van der Waals surface area contributed by atoms with Crippen LogP contribution in [0.5, 0.6) is 0 Å². The molecular formula is C27H30N2O3. The summed E-state index contributed by atoms with van der Waals surface area (Å²) in [6, 6.07) is 20.7. The minimum atomic E-state index is -0.502. The Balaban J connectivity index is 1.40. The molecule has 0 N–H and O–H groups in total. The van der Waals surface area contributed by atoms with Crippen LogP contribution in [0.4, 0.5) is 0 Å². The van der Waals surface area contributed by atoms with Gasteiger partial charge in [-0.25, -0.2) is 0 Å². The van der Waals surface area contributed by atoms with Crippen molar-refractivity contribution in [3.63, 3.8) is 0 Å². The molecule has 2 aromatic carbocycles. The lowest BCUT2D eigenvalue weighted by Gasteiger charge is -2.40. The smallest absolute Gasteiger partial charge is 0.233 e. The number of ether oxygens (including phenoxy) is 2. The van der Waals surface area contributed by atoms with Gasteiger partial charge in [-0.05, 0) is 42.5 Å². The van der Waals surface area contributed by atoms with E-state index in [-0.39, 0.29) is 11.8 Å². The normalized spacial score (nSPS) is 21.2. The van der Waals surface area contributed by atoms with Gasteiger partial charge in [0, 0.05) is 43.8 Å². The number of carbonyl (C=O) groups is 1. The highest BCUT2D eigenvalue weighted by atomic mass is 16.5. The summed E-state index contributed by atoms with van der Waals surface area (Å²) in [5.74, 6) is 0.474. The molecule has 3 aromatic rings. The van der Waals surface area contributed by atoms with Crippen LogP contribution in [0.3, 0.4) is 0 Å². The molecular weight excluding hydrogens is 400 g/mol. The lowest BCUT2D eigenvalue weighted by molar-refractivity contribution is -0.141. The first-order valence-electron chi connectivity index (χ1n) is 11.6. The van der Waals surface area contributed by atoms with E-state index < -0.39 is 5.41 Å². The van der Waals surface area contributed by atoms with Crippen molar-refractivity contribution in [1.82, 2.24) is 9.88 Å². The van der Waals surface area contributed by atoms with Gasteiger partial charge in [0.2, 0.25) is 5.91 Å². The van der Waals surface area contributed by atoms with Crippen LogP contribution in [0.2, 0.25) is 0 Å². The Hall–Kier alpha value is -2.76. The highest BCUT2D eigenvalue weighted by Crippen LogP contribution is 2.37. The van der Waals surface area contributed by atoms with Crippen molar-refractivity contribution in [2.24, 2.45) is 5.92 Å². The van der Waals surface area contributed by atoms with Gasteiger partial charge >= 0.3 is 0 Å². The van der Waals surface area contributed by atoms with E-state index in [1.54, 1.807) is 0 Å². The molecule has 5 heteroatoms. The predicted molar refractivity (Wildman–Crippen MR) is 125 cm³/mol. The van der Waals surface area contributed by atoms with Gasteiger partial charge in [0.05, 0.1) is 24.1 Å². The van der Waals surface area contributed by atoms with E-state index in [0.29, 0.717) is 39.5 Å². The lowest BCUT2D eigenvalue weighted by Crippen LogP contribution is -2.51. The average Bonchev–Trinajstić information content (AvgIpc) is 3.10. The predicted octanol–water partition coefficient (Wildman–Crippen LogP) is 4.00. The molecule has 1 atom stereocenters. The molecule has 1 unspecified atom stereocenters. The molecule has 2 saturated heterocycles. The van der Waals surface area contributed by atoms with Gasteiger partial charge in [-0.15, -0.1) is 0 Å². The van der Waals surface area contributed by atoms with E-state index in [1.807, 2.05) is 36.5 Å². The Bertz CT molecular complexity index is 1060. The number of nitrogens with zero attached hydrogens (tertiary/aromatic N) is 2. The highest BCUT2D eigenvalue weighted by Gasteiger charge is 2.44. The lowest BCUT2D eigenvalue weighted by atomic mass is 9.73. The third-order valence-corrected chi connectivity index (χ3v) is 6.95. The van der Waals surface area contributed by atoms with Crippen molar-refractivity contribution in [3.8, 4) is 0 Å². The molecule has 32 heavy (non-hydrogen) atoms. The van der Waals surface area contributed by atoms with Crippen molar-refractivity contribution >= 4 is 16.8 Å². The second-order valence-electron chi connectivity index (χ2n) is 8.94. The highest BCUT2D eigenvalue weighted by molar-refractivity contribution is 5.88. The standard InChI is InChI=1S/C27H30N2O3/c30-26(27(11-15-31-16-12-27)23-7-2-1-3-8-23)29-14-17-32-20-21(19-29)18-22-6-4-10-25-24(22)9-5-13-28-25/h1-10,13,21H,11-12,14-20H2. The van der Waals surface area contributed by atoms with Gasteiger partial charge in [-0.3, -0.25) is 9.78 Å². The van der Waals surface area contributed by atoms with Crippen molar-refractivity contribution in [3.05, 3.63) is 78.0 Å². The summed E-state index contributed by atoms with van der Waals surface area (Å²) in [5, 5.41) is 1.18. The quantitative estimate of drug-likeness (QED) is 0.628. The summed E-state index contributed by atoms with van der Waals surface area (Å²) in [6.07, 6.45) is 4.16. The van der Waals surface area contributed by atoms with E-state index in [9.17, 15) is 4.79 Å². The molecule has 1 aromatic heterocycles. The van der Waals surface area contributed by atoms with E-state index in [4.69, 9.17) is 9.47 Å².